The van der Waals surface area contributed by atoms with E-state index in [2.05, 4.69) is 16.0 Å². The van der Waals surface area contributed by atoms with Crippen LogP contribution >= 0.6 is 0 Å². The van der Waals surface area contributed by atoms with E-state index in [1.54, 1.807) is 4.90 Å². The van der Waals surface area contributed by atoms with Crippen LogP contribution in [0.15, 0.2) is 36.5 Å². The maximum Gasteiger partial charge on any atom is 0.410 e. The van der Waals surface area contributed by atoms with Crippen LogP contribution in [-0.4, -0.2) is 82.8 Å². The first kappa shape index (κ1) is 26.6. The summed E-state index contributed by atoms with van der Waals surface area (Å²) in [4.78, 5) is 32.0. The van der Waals surface area contributed by atoms with Gasteiger partial charge in [-0.2, -0.15) is 0 Å². The summed E-state index contributed by atoms with van der Waals surface area (Å²) in [7, 11) is 2.02. The number of likely N-dealkylation sites (N-methyl/N-ethyl adjacent to an activating group) is 1. The molecule has 2 saturated heterocycles. The normalized spacial score (nSPS) is 22.9. The average Bonchev–Trinajstić information content (AvgIpc) is 3.56. The Bertz CT molecular complexity index is 1170. The number of benzene rings is 1. The van der Waals surface area contributed by atoms with E-state index in [-0.39, 0.29) is 23.2 Å². The summed E-state index contributed by atoms with van der Waals surface area (Å²) in [6.07, 6.45) is 7.13. The maximum absolute atomic E-state index is 12.5. The lowest BCUT2D eigenvalue weighted by Crippen LogP contribution is -2.54. The minimum atomic E-state index is -0.490. The fourth-order valence-corrected chi connectivity index (χ4v) is 6.06. The van der Waals surface area contributed by atoms with Crippen molar-refractivity contribution in [1.82, 2.24) is 14.8 Å². The molecule has 38 heavy (non-hydrogen) atoms. The molecule has 1 amide bonds. The number of carbonyl (C=O) groups excluding carboxylic acids is 2. The van der Waals surface area contributed by atoms with Crippen molar-refractivity contribution in [1.29, 1.82) is 0 Å². The van der Waals surface area contributed by atoms with Gasteiger partial charge in [-0.25, -0.2) is 4.79 Å². The Balaban J connectivity index is 0.000000366. The van der Waals surface area contributed by atoms with Gasteiger partial charge in [-0.1, -0.05) is 24.3 Å². The molecule has 3 aliphatic heterocycles. The second kappa shape index (κ2) is 9.97. The first-order valence-electron chi connectivity index (χ1n) is 13.6. The number of pyridine rings is 1. The van der Waals surface area contributed by atoms with Gasteiger partial charge in [0.15, 0.2) is 0 Å². The Morgan fingerprint density at radius 2 is 1.82 bits per heavy atom. The van der Waals surface area contributed by atoms with Crippen LogP contribution in [0.1, 0.15) is 68.8 Å². The van der Waals surface area contributed by atoms with Crippen molar-refractivity contribution in [3.05, 3.63) is 47.7 Å². The monoisotopic (exact) mass is 521 g/mol. The molecule has 2 aromatic rings. The van der Waals surface area contributed by atoms with Gasteiger partial charge in [0, 0.05) is 61.1 Å². The van der Waals surface area contributed by atoms with E-state index in [0.29, 0.717) is 18.7 Å². The summed E-state index contributed by atoms with van der Waals surface area (Å²) in [6.45, 7) is 8.87. The van der Waals surface area contributed by atoms with E-state index in [4.69, 9.17) is 14.6 Å². The molecule has 8 heteroatoms. The minimum absolute atomic E-state index is 0.0166. The van der Waals surface area contributed by atoms with Crippen molar-refractivity contribution in [3.8, 4) is 17.0 Å². The van der Waals surface area contributed by atoms with E-state index >= 15 is 0 Å². The molecule has 1 N–H and O–H groups in total. The second-order valence-corrected chi connectivity index (χ2v) is 12.2. The molecule has 0 unspecified atom stereocenters. The van der Waals surface area contributed by atoms with E-state index in [9.17, 15) is 9.59 Å². The van der Waals surface area contributed by atoms with E-state index in [1.165, 1.54) is 5.56 Å². The predicted octanol–water partition coefficient (Wildman–Crippen LogP) is 4.44. The van der Waals surface area contributed by atoms with Crippen LogP contribution in [0, 0.1) is 0 Å². The quantitative estimate of drug-likeness (QED) is 0.584. The van der Waals surface area contributed by atoms with Crippen LogP contribution in [0.25, 0.3) is 11.3 Å². The molecule has 0 radical (unpaired) electrons. The van der Waals surface area contributed by atoms with Crippen LogP contribution in [0.5, 0.6) is 5.75 Å². The summed E-state index contributed by atoms with van der Waals surface area (Å²) >= 11 is 0. The van der Waals surface area contributed by atoms with Crippen LogP contribution < -0.4 is 4.74 Å². The highest BCUT2D eigenvalue weighted by Gasteiger charge is 2.67. The van der Waals surface area contributed by atoms with Crippen molar-refractivity contribution in [2.24, 2.45) is 0 Å². The van der Waals surface area contributed by atoms with E-state index in [0.717, 1.165) is 68.5 Å². The number of β-amino-alcohol motifs (C(OH)–C–C–N with tert-alkyl or cyclic N) is 1. The van der Waals surface area contributed by atoms with Crippen molar-refractivity contribution in [3.63, 3.8) is 0 Å². The SMILES string of the molecule is CC(C)(C)OC(=O)N1CCC2(CC1)Oc1cnc(-c3ccc(C=O)cc3)cc1C21CC1.CN1CC[C@@H](O)C1. The Morgan fingerprint density at radius 1 is 1.13 bits per heavy atom. The number of carbonyl (C=O) groups is 2. The minimum Gasteiger partial charge on any atom is -0.484 e. The number of nitrogens with zero attached hydrogens (tertiary/aromatic N) is 3. The molecule has 1 aromatic carbocycles. The molecule has 2 spiro atoms. The summed E-state index contributed by atoms with van der Waals surface area (Å²) in [6, 6.07) is 9.65. The Morgan fingerprint density at radius 3 is 2.32 bits per heavy atom. The summed E-state index contributed by atoms with van der Waals surface area (Å²) in [5.74, 6) is 0.872. The first-order valence-corrected chi connectivity index (χ1v) is 13.6. The van der Waals surface area contributed by atoms with Gasteiger partial charge >= 0.3 is 6.09 Å². The smallest absolute Gasteiger partial charge is 0.410 e. The van der Waals surface area contributed by atoms with Crippen LogP contribution in [-0.2, 0) is 10.2 Å². The van der Waals surface area contributed by atoms with Crippen LogP contribution in [0.4, 0.5) is 4.79 Å². The van der Waals surface area contributed by atoms with Crippen LogP contribution in [0.3, 0.4) is 0 Å². The van der Waals surface area contributed by atoms with Crippen molar-refractivity contribution >= 4 is 12.4 Å². The third-order valence-corrected chi connectivity index (χ3v) is 8.24. The lowest BCUT2D eigenvalue weighted by Gasteiger charge is -2.42. The van der Waals surface area contributed by atoms with Gasteiger partial charge in [-0.15, -0.1) is 0 Å². The third kappa shape index (κ3) is 5.16. The zero-order valence-corrected chi connectivity index (χ0v) is 22.9. The number of aliphatic hydroxyl groups excluding tert-OH is 1. The number of piperidine rings is 1. The number of ether oxygens (including phenoxy) is 2. The molecular formula is C30H39N3O5. The molecule has 1 atom stereocenters. The Kier molecular flexibility index (Phi) is 6.99. The lowest BCUT2D eigenvalue weighted by atomic mass is 9.74. The molecule has 6 rings (SSSR count). The fraction of sp³-hybridized carbons (Fsp3) is 0.567. The van der Waals surface area contributed by atoms with Gasteiger partial charge in [-0.3, -0.25) is 9.78 Å². The largest absolute Gasteiger partial charge is 0.484 e. The Hall–Kier alpha value is -2.97. The fourth-order valence-electron chi connectivity index (χ4n) is 6.06. The molecular weight excluding hydrogens is 482 g/mol. The van der Waals surface area contributed by atoms with Crippen LogP contribution in [0.2, 0.25) is 0 Å². The predicted molar refractivity (Wildman–Crippen MR) is 144 cm³/mol. The second-order valence-electron chi connectivity index (χ2n) is 12.2. The van der Waals surface area contributed by atoms with Gasteiger partial charge in [0.1, 0.15) is 23.2 Å². The number of likely N-dealkylation sites (tertiary alicyclic amines) is 2. The number of aromatic nitrogens is 1. The highest BCUT2D eigenvalue weighted by molar-refractivity contribution is 5.76. The summed E-state index contributed by atoms with van der Waals surface area (Å²) < 4.78 is 12.1. The molecule has 0 bridgehead atoms. The number of amides is 1. The standard InChI is InChI=1S/C25H28N2O4.C5H11NO/c1-23(2,3)31-22(29)27-12-10-25(11-13-27)24(8-9-24)19-14-20(26-15-21(19)30-25)18-6-4-17(16-28)5-7-18;1-6-3-2-5(7)4-6/h4-7,14-16H,8-13H2,1-3H3;5,7H,2-4H2,1H3/t;5-/m.1/s1. The zero-order chi connectivity index (χ0) is 27.1. The van der Waals surface area contributed by atoms with Gasteiger partial charge in [-0.05, 0) is 53.1 Å². The molecule has 204 valence electrons. The van der Waals surface area contributed by atoms with E-state index < -0.39 is 5.60 Å². The van der Waals surface area contributed by atoms with Crippen molar-refractivity contribution < 1.29 is 24.2 Å². The molecule has 4 heterocycles. The first-order chi connectivity index (χ1) is 18.0. The summed E-state index contributed by atoms with van der Waals surface area (Å²) in [5, 5.41) is 8.86. The number of aldehydes is 1. The molecule has 4 aliphatic rings. The molecule has 8 nitrogen and oxygen atoms in total. The highest BCUT2D eigenvalue weighted by Crippen LogP contribution is 2.66. The zero-order valence-electron chi connectivity index (χ0n) is 22.9. The van der Waals surface area contributed by atoms with Crippen molar-refractivity contribution in [2.45, 2.75) is 75.6 Å². The highest BCUT2D eigenvalue weighted by atomic mass is 16.6. The van der Waals surface area contributed by atoms with Crippen molar-refractivity contribution in [2.75, 3.05) is 33.2 Å². The van der Waals surface area contributed by atoms with Gasteiger partial charge in [0.25, 0.3) is 0 Å². The van der Waals surface area contributed by atoms with Gasteiger partial charge in [0.2, 0.25) is 0 Å². The van der Waals surface area contributed by atoms with Gasteiger partial charge < -0.3 is 24.4 Å². The number of hydrogen-bond acceptors (Lipinski definition) is 7. The molecule has 3 fully saturated rings. The summed E-state index contributed by atoms with van der Waals surface area (Å²) in [5.41, 5.74) is 3.04. The maximum atomic E-state index is 12.5. The number of aliphatic hydroxyl groups is 1. The number of fused-ring (bicyclic) bond motifs is 3. The topological polar surface area (TPSA) is 92.2 Å². The lowest BCUT2D eigenvalue weighted by molar-refractivity contribution is -0.0238. The molecule has 1 saturated carbocycles. The molecule has 1 aliphatic carbocycles. The van der Waals surface area contributed by atoms with E-state index in [1.807, 2.05) is 58.3 Å². The third-order valence-electron chi connectivity index (χ3n) is 8.24. The van der Waals surface area contributed by atoms with Gasteiger partial charge in [0.05, 0.1) is 18.0 Å². The number of hydrogen-bond donors (Lipinski definition) is 1. The number of rotatable bonds is 2. The average molecular weight is 522 g/mol. The Labute approximate surface area is 224 Å². The molecule has 1 aromatic heterocycles.